The number of carbonyl (C=O) groups is 1. The van der Waals surface area contributed by atoms with Crippen molar-refractivity contribution < 1.29 is 9.53 Å². The summed E-state index contributed by atoms with van der Waals surface area (Å²) in [6, 6.07) is 10.8. The predicted octanol–water partition coefficient (Wildman–Crippen LogP) is 4.69. The third-order valence-corrected chi connectivity index (χ3v) is 5.86. The van der Waals surface area contributed by atoms with Crippen molar-refractivity contribution in [3.8, 4) is 0 Å². The molecule has 1 aromatic rings. The van der Waals surface area contributed by atoms with Crippen molar-refractivity contribution in [3.05, 3.63) is 35.9 Å². The van der Waals surface area contributed by atoms with E-state index >= 15 is 0 Å². The molecule has 0 aromatic heterocycles. The first-order chi connectivity index (χ1) is 12.4. The lowest BCUT2D eigenvalue weighted by Crippen LogP contribution is -2.41. The highest BCUT2D eigenvalue weighted by Gasteiger charge is 2.37. The molecule has 26 heavy (non-hydrogen) atoms. The molecule has 4 heteroatoms. The Morgan fingerprint density at radius 2 is 1.65 bits per heavy atom. The number of ether oxygens (including phenoxy) is 1. The molecule has 2 heterocycles. The zero-order valence-corrected chi connectivity index (χ0v) is 16.7. The number of amides is 1. The number of piperidine rings is 1. The molecule has 0 unspecified atom stereocenters. The molecule has 1 spiro atoms. The molecular weight excluding hydrogens is 324 g/mol. The van der Waals surface area contributed by atoms with Gasteiger partial charge in [-0.3, -0.25) is 4.90 Å². The van der Waals surface area contributed by atoms with Crippen molar-refractivity contribution in [1.82, 2.24) is 9.80 Å². The van der Waals surface area contributed by atoms with Crippen LogP contribution in [0, 0.1) is 5.41 Å². The topological polar surface area (TPSA) is 32.8 Å². The lowest BCUT2D eigenvalue weighted by Gasteiger charge is -2.41. The summed E-state index contributed by atoms with van der Waals surface area (Å²) >= 11 is 0. The number of benzene rings is 1. The Morgan fingerprint density at radius 3 is 2.31 bits per heavy atom. The Bertz CT molecular complexity index is 586. The minimum Gasteiger partial charge on any atom is -0.444 e. The van der Waals surface area contributed by atoms with Gasteiger partial charge in [0.2, 0.25) is 0 Å². The first-order valence-corrected chi connectivity index (χ1v) is 10.1. The first kappa shape index (κ1) is 19.2. The maximum absolute atomic E-state index is 12.4. The Morgan fingerprint density at radius 1 is 1.00 bits per heavy atom. The van der Waals surface area contributed by atoms with Crippen LogP contribution in [0.15, 0.2) is 30.3 Å². The number of nitrogens with zero attached hydrogens (tertiary/aromatic N) is 2. The average molecular weight is 359 g/mol. The van der Waals surface area contributed by atoms with E-state index in [1.165, 1.54) is 37.9 Å². The molecule has 2 aliphatic heterocycles. The van der Waals surface area contributed by atoms with Gasteiger partial charge in [-0.25, -0.2) is 4.79 Å². The second-order valence-electron chi connectivity index (χ2n) is 9.08. The largest absolute Gasteiger partial charge is 0.444 e. The van der Waals surface area contributed by atoms with Gasteiger partial charge in [-0.05, 0) is 76.9 Å². The van der Waals surface area contributed by atoms with Gasteiger partial charge in [-0.15, -0.1) is 0 Å². The quantitative estimate of drug-likeness (QED) is 0.769. The van der Waals surface area contributed by atoms with Gasteiger partial charge in [0.15, 0.2) is 0 Å². The monoisotopic (exact) mass is 358 g/mol. The highest BCUT2D eigenvalue weighted by molar-refractivity contribution is 5.68. The lowest BCUT2D eigenvalue weighted by atomic mass is 9.73. The van der Waals surface area contributed by atoms with Gasteiger partial charge in [0.05, 0.1) is 0 Å². The van der Waals surface area contributed by atoms with Crippen molar-refractivity contribution in [2.75, 3.05) is 26.2 Å². The average Bonchev–Trinajstić information content (AvgIpc) is 2.80. The van der Waals surface area contributed by atoms with Crippen LogP contribution < -0.4 is 0 Å². The molecule has 0 aliphatic carbocycles. The number of rotatable bonds is 2. The molecule has 0 bridgehead atoms. The van der Waals surface area contributed by atoms with E-state index in [1.807, 2.05) is 25.7 Å². The lowest BCUT2D eigenvalue weighted by molar-refractivity contribution is 0.0240. The highest BCUT2D eigenvalue weighted by atomic mass is 16.6. The molecule has 2 fully saturated rings. The molecule has 0 saturated carbocycles. The summed E-state index contributed by atoms with van der Waals surface area (Å²) < 4.78 is 5.57. The fourth-order valence-electron chi connectivity index (χ4n) is 4.29. The summed E-state index contributed by atoms with van der Waals surface area (Å²) in [4.78, 5) is 16.9. The summed E-state index contributed by atoms with van der Waals surface area (Å²) in [5.41, 5.74) is 1.41. The molecule has 1 aromatic carbocycles. The fourth-order valence-corrected chi connectivity index (χ4v) is 4.29. The minimum absolute atomic E-state index is 0.143. The van der Waals surface area contributed by atoms with E-state index in [-0.39, 0.29) is 6.09 Å². The molecule has 0 atom stereocenters. The molecule has 2 aliphatic rings. The molecule has 0 radical (unpaired) electrons. The first-order valence-electron chi connectivity index (χ1n) is 10.1. The van der Waals surface area contributed by atoms with Gasteiger partial charge in [-0.2, -0.15) is 0 Å². The van der Waals surface area contributed by atoms with Crippen molar-refractivity contribution in [3.63, 3.8) is 0 Å². The summed E-state index contributed by atoms with van der Waals surface area (Å²) in [6.45, 7) is 10.9. The summed E-state index contributed by atoms with van der Waals surface area (Å²) in [5.74, 6) is 0. The molecule has 1 amide bonds. The van der Waals surface area contributed by atoms with Crippen LogP contribution in [-0.4, -0.2) is 47.7 Å². The van der Waals surface area contributed by atoms with Crippen LogP contribution in [0.5, 0.6) is 0 Å². The molecule has 2 saturated heterocycles. The number of likely N-dealkylation sites (tertiary alicyclic amines) is 2. The van der Waals surface area contributed by atoms with Gasteiger partial charge in [0, 0.05) is 19.6 Å². The molecule has 0 N–H and O–H groups in total. The smallest absolute Gasteiger partial charge is 0.410 e. The van der Waals surface area contributed by atoms with E-state index in [0.717, 1.165) is 32.5 Å². The summed E-state index contributed by atoms with van der Waals surface area (Å²) in [6.07, 6.45) is 5.81. The fraction of sp³-hybridized carbons (Fsp3) is 0.682. The van der Waals surface area contributed by atoms with Gasteiger partial charge < -0.3 is 9.64 Å². The number of hydrogen-bond acceptors (Lipinski definition) is 3. The van der Waals surface area contributed by atoms with Gasteiger partial charge in [-0.1, -0.05) is 30.3 Å². The third kappa shape index (κ3) is 5.23. The highest BCUT2D eigenvalue weighted by Crippen LogP contribution is 2.41. The van der Waals surface area contributed by atoms with Crippen LogP contribution >= 0.6 is 0 Å². The Kier molecular flexibility index (Phi) is 5.91. The zero-order valence-electron chi connectivity index (χ0n) is 16.7. The minimum atomic E-state index is -0.413. The van der Waals surface area contributed by atoms with Crippen LogP contribution in [0.2, 0.25) is 0 Å². The van der Waals surface area contributed by atoms with E-state index in [0.29, 0.717) is 5.41 Å². The van der Waals surface area contributed by atoms with Crippen LogP contribution in [0.25, 0.3) is 0 Å². The van der Waals surface area contributed by atoms with Crippen LogP contribution in [0.3, 0.4) is 0 Å². The third-order valence-electron chi connectivity index (χ3n) is 5.86. The Balaban J connectivity index is 1.50. The van der Waals surface area contributed by atoms with E-state index in [1.54, 1.807) is 0 Å². The Labute approximate surface area is 158 Å². The molecule has 144 valence electrons. The van der Waals surface area contributed by atoms with Gasteiger partial charge >= 0.3 is 6.09 Å². The standard InChI is InChI=1S/C22H34N2O2/c1-21(2,3)26-20(25)24-14-7-10-22(13-17-24)11-15-23(16-12-22)18-19-8-5-4-6-9-19/h4-6,8-9H,7,10-18H2,1-3H3. The Hall–Kier alpha value is -1.55. The van der Waals surface area contributed by atoms with Crippen LogP contribution in [0.4, 0.5) is 4.79 Å². The van der Waals surface area contributed by atoms with Crippen molar-refractivity contribution >= 4 is 6.09 Å². The van der Waals surface area contributed by atoms with E-state index in [9.17, 15) is 4.79 Å². The van der Waals surface area contributed by atoms with E-state index in [4.69, 9.17) is 4.74 Å². The number of hydrogen-bond donors (Lipinski definition) is 0. The number of carbonyl (C=O) groups excluding carboxylic acids is 1. The van der Waals surface area contributed by atoms with E-state index < -0.39 is 5.60 Å². The second kappa shape index (κ2) is 7.99. The van der Waals surface area contributed by atoms with Gasteiger partial charge in [0.1, 0.15) is 5.60 Å². The maximum Gasteiger partial charge on any atom is 0.410 e. The maximum atomic E-state index is 12.4. The van der Waals surface area contributed by atoms with Crippen LogP contribution in [0.1, 0.15) is 58.4 Å². The van der Waals surface area contributed by atoms with Crippen molar-refractivity contribution in [2.45, 2.75) is 65.0 Å². The van der Waals surface area contributed by atoms with Crippen molar-refractivity contribution in [1.29, 1.82) is 0 Å². The molecule has 4 nitrogen and oxygen atoms in total. The second-order valence-corrected chi connectivity index (χ2v) is 9.08. The summed E-state index contributed by atoms with van der Waals surface area (Å²) in [7, 11) is 0. The predicted molar refractivity (Wildman–Crippen MR) is 105 cm³/mol. The van der Waals surface area contributed by atoms with Crippen molar-refractivity contribution in [2.24, 2.45) is 5.41 Å². The summed E-state index contributed by atoms with van der Waals surface area (Å²) in [5, 5.41) is 0. The van der Waals surface area contributed by atoms with Gasteiger partial charge in [0.25, 0.3) is 0 Å². The van der Waals surface area contributed by atoms with Crippen LogP contribution in [-0.2, 0) is 11.3 Å². The molecule has 3 rings (SSSR count). The molecular formula is C22H34N2O2. The SMILES string of the molecule is CC(C)(C)OC(=O)N1CCCC2(CCN(Cc3ccccc3)CC2)CC1. The van der Waals surface area contributed by atoms with E-state index in [2.05, 4.69) is 35.2 Å². The zero-order chi connectivity index (χ0) is 18.6. The normalized spacial score (nSPS) is 21.4.